The van der Waals surface area contributed by atoms with E-state index in [-0.39, 0.29) is 5.92 Å². The third-order valence-electron chi connectivity index (χ3n) is 2.48. The van der Waals surface area contributed by atoms with Crippen molar-refractivity contribution in [3.8, 4) is 0 Å². The van der Waals surface area contributed by atoms with Gasteiger partial charge in [-0.15, -0.1) is 0 Å². The molecule has 0 aliphatic carbocycles. The molecule has 68 valence electrons. The van der Waals surface area contributed by atoms with Crippen molar-refractivity contribution in [3.63, 3.8) is 0 Å². The van der Waals surface area contributed by atoms with Crippen LogP contribution < -0.4 is 0 Å². The van der Waals surface area contributed by atoms with Crippen molar-refractivity contribution in [1.29, 1.82) is 0 Å². The topological polar surface area (TPSA) is 20.3 Å². The van der Waals surface area contributed by atoms with Crippen molar-refractivity contribution in [2.45, 2.75) is 32.5 Å². The van der Waals surface area contributed by atoms with Gasteiger partial charge >= 0.3 is 0 Å². The number of carbonyl (C=O) groups excluding carboxylic acids is 1. The predicted molar refractivity (Wildman–Crippen MR) is 52.9 cm³/mol. The van der Waals surface area contributed by atoms with Crippen molar-refractivity contribution >= 4 is 13.8 Å². The van der Waals surface area contributed by atoms with Gasteiger partial charge in [0.2, 0.25) is 5.91 Å². The van der Waals surface area contributed by atoms with Crippen LogP contribution in [0.4, 0.5) is 0 Å². The van der Waals surface area contributed by atoms with E-state index >= 15 is 0 Å². The van der Waals surface area contributed by atoms with E-state index in [0.29, 0.717) is 11.2 Å². The summed E-state index contributed by atoms with van der Waals surface area (Å²) in [6, 6.07) is 0. The van der Waals surface area contributed by atoms with Gasteiger partial charge in [0.15, 0.2) is 0 Å². The van der Waals surface area contributed by atoms with Gasteiger partial charge in [-0.3, -0.25) is 4.79 Å². The van der Waals surface area contributed by atoms with Crippen molar-refractivity contribution in [3.05, 3.63) is 0 Å². The lowest BCUT2D eigenvalue weighted by Gasteiger charge is -2.21. The minimum absolute atomic E-state index is 0.152. The Hall–Kier alpha value is -0.465. The van der Waals surface area contributed by atoms with Crippen molar-refractivity contribution in [1.82, 2.24) is 4.90 Å². The third kappa shape index (κ3) is 2.02. The maximum absolute atomic E-state index is 11.6. The summed E-state index contributed by atoms with van der Waals surface area (Å²) in [5.41, 5.74) is 0. The van der Waals surface area contributed by atoms with Crippen LogP contribution in [0.5, 0.6) is 0 Å². The van der Waals surface area contributed by atoms with Crippen LogP contribution in [0.1, 0.15) is 27.2 Å². The summed E-state index contributed by atoms with van der Waals surface area (Å²) in [6.07, 6.45) is 1.14. The highest BCUT2D eigenvalue weighted by Crippen LogP contribution is 2.33. The molecule has 0 aromatic heterocycles. The summed E-state index contributed by atoms with van der Waals surface area (Å²) < 4.78 is 0. The Balaban J connectivity index is 2.53. The normalized spacial score (nSPS) is 29.8. The van der Waals surface area contributed by atoms with Crippen LogP contribution in [0.3, 0.4) is 0 Å². The Morgan fingerprint density at radius 2 is 2.17 bits per heavy atom. The average molecular weight is 167 g/mol. The van der Waals surface area contributed by atoms with Gasteiger partial charge in [-0.1, -0.05) is 20.8 Å². The first-order valence-corrected chi connectivity index (χ1v) is 4.71. The van der Waals surface area contributed by atoms with E-state index in [9.17, 15) is 4.79 Å². The zero-order valence-corrected chi connectivity index (χ0v) is 8.55. The zero-order chi connectivity index (χ0) is 9.35. The van der Waals surface area contributed by atoms with Crippen molar-refractivity contribution in [2.24, 2.45) is 5.92 Å². The maximum Gasteiger partial charge on any atom is 0.225 e. The number of nitrogens with zero attached hydrogens (tertiary/aromatic N) is 1. The molecule has 0 radical (unpaired) electrons. The highest BCUT2D eigenvalue weighted by Gasteiger charge is 2.32. The van der Waals surface area contributed by atoms with Gasteiger partial charge in [0, 0.05) is 19.0 Å². The lowest BCUT2D eigenvalue weighted by atomic mass is 9.70. The van der Waals surface area contributed by atoms with Crippen molar-refractivity contribution < 1.29 is 4.79 Å². The molecule has 1 aliphatic heterocycles. The summed E-state index contributed by atoms with van der Waals surface area (Å²) in [5, 5.41) is 0.338. The smallest absolute Gasteiger partial charge is 0.225 e. The number of rotatable bonds is 1. The average Bonchev–Trinajstić information content (AvgIpc) is 2.28. The first-order chi connectivity index (χ1) is 5.42. The molecule has 1 atom stereocenters. The van der Waals surface area contributed by atoms with Crippen LogP contribution in [0.15, 0.2) is 0 Å². The van der Waals surface area contributed by atoms with E-state index in [2.05, 4.69) is 14.8 Å². The third-order valence-corrected chi connectivity index (χ3v) is 2.48. The Kier molecular flexibility index (Phi) is 2.50. The summed E-state index contributed by atoms with van der Waals surface area (Å²) in [4.78, 5) is 13.5. The first-order valence-electron chi connectivity index (χ1n) is 4.71. The zero-order valence-electron chi connectivity index (χ0n) is 8.55. The fraction of sp³-hybridized carbons (Fsp3) is 0.889. The highest BCUT2D eigenvalue weighted by molar-refractivity contribution is 6.15. The molecule has 0 N–H and O–H groups in total. The molecular weight excluding hydrogens is 149 g/mol. The summed E-state index contributed by atoms with van der Waals surface area (Å²) in [6.45, 7) is 8.04. The monoisotopic (exact) mass is 167 g/mol. The van der Waals surface area contributed by atoms with Gasteiger partial charge in [-0.05, 0) is 11.7 Å². The molecule has 1 aliphatic rings. The molecule has 1 heterocycles. The Labute approximate surface area is 75.7 Å². The molecular formula is C9H18BNO. The molecule has 0 aromatic carbocycles. The summed E-state index contributed by atoms with van der Waals surface area (Å²) in [7, 11) is 2.22. The van der Waals surface area contributed by atoms with E-state index in [1.807, 2.05) is 18.7 Å². The quantitative estimate of drug-likeness (QED) is 0.526. The van der Waals surface area contributed by atoms with Crippen LogP contribution in [0.25, 0.3) is 0 Å². The van der Waals surface area contributed by atoms with Crippen LogP contribution in [0, 0.1) is 5.92 Å². The van der Waals surface area contributed by atoms with Gasteiger partial charge in [0.05, 0.1) is 0 Å². The van der Waals surface area contributed by atoms with Crippen LogP contribution in [0.2, 0.25) is 5.31 Å². The SMILES string of the molecule is BC1(C)CCN(C(=O)C(C)C)C1. The largest absolute Gasteiger partial charge is 0.343 e. The number of likely N-dealkylation sites (tertiary alicyclic amines) is 1. The predicted octanol–water partition coefficient (Wildman–Crippen LogP) is 0.686. The molecule has 0 saturated carbocycles. The van der Waals surface area contributed by atoms with Gasteiger partial charge in [0.1, 0.15) is 7.85 Å². The second-order valence-corrected chi connectivity index (χ2v) is 4.83. The van der Waals surface area contributed by atoms with E-state index in [4.69, 9.17) is 0 Å². The lowest BCUT2D eigenvalue weighted by molar-refractivity contribution is -0.133. The molecule has 0 aromatic rings. The van der Waals surface area contributed by atoms with E-state index in [1.54, 1.807) is 0 Å². The van der Waals surface area contributed by atoms with Crippen LogP contribution in [-0.2, 0) is 4.79 Å². The molecule has 12 heavy (non-hydrogen) atoms. The minimum Gasteiger partial charge on any atom is -0.343 e. The Bertz CT molecular complexity index is 189. The molecule has 0 spiro atoms. The Morgan fingerprint density at radius 1 is 1.58 bits per heavy atom. The number of carbonyl (C=O) groups is 1. The number of hydrogen-bond donors (Lipinski definition) is 0. The first kappa shape index (κ1) is 9.62. The number of amides is 1. The molecule has 1 rings (SSSR count). The molecule has 3 heteroatoms. The lowest BCUT2D eigenvalue weighted by Crippen LogP contribution is -2.32. The van der Waals surface area contributed by atoms with E-state index in [1.165, 1.54) is 0 Å². The van der Waals surface area contributed by atoms with Crippen LogP contribution >= 0.6 is 0 Å². The second-order valence-electron chi connectivity index (χ2n) is 4.83. The second kappa shape index (κ2) is 3.12. The highest BCUT2D eigenvalue weighted by atomic mass is 16.2. The fourth-order valence-electron chi connectivity index (χ4n) is 1.67. The van der Waals surface area contributed by atoms with E-state index < -0.39 is 0 Å². The molecule has 1 unspecified atom stereocenters. The minimum atomic E-state index is 0.152. The van der Waals surface area contributed by atoms with Gasteiger partial charge in [0.25, 0.3) is 0 Å². The fourth-order valence-corrected chi connectivity index (χ4v) is 1.67. The molecule has 2 nitrogen and oxygen atoms in total. The molecule has 1 amide bonds. The van der Waals surface area contributed by atoms with Gasteiger partial charge in [-0.2, -0.15) is 0 Å². The van der Waals surface area contributed by atoms with Crippen LogP contribution in [-0.4, -0.2) is 31.7 Å². The van der Waals surface area contributed by atoms with E-state index in [0.717, 1.165) is 19.5 Å². The summed E-state index contributed by atoms with van der Waals surface area (Å²) >= 11 is 0. The Morgan fingerprint density at radius 3 is 2.50 bits per heavy atom. The molecule has 1 saturated heterocycles. The van der Waals surface area contributed by atoms with Gasteiger partial charge < -0.3 is 4.90 Å². The summed E-state index contributed by atoms with van der Waals surface area (Å²) in [5.74, 6) is 0.458. The van der Waals surface area contributed by atoms with Crippen molar-refractivity contribution in [2.75, 3.05) is 13.1 Å². The number of hydrogen-bond acceptors (Lipinski definition) is 1. The maximum atomic E-state index is 11.6. The standard InChI is InChI=1S/C9H18BNO/c1-7(2)8(12)11-5-4-9(3,10)6-11/h7H,4-6,10H2,1-3H3. The molecule has 0 bridgehead atoms. The molecule has 1 fully saturated rings. The van der Waals surface area contributed by atoms with Gasteiger partial charge in [-0.25, -0.2) is 0 Å².